The number of rotatable bonds is 6. The van der Waals surface area contributed by atoms with Gasteiger partial charge in [-0.2, -0.15) is 0 Å². The molecule has 1 heterocycles. The number of hydrogen-bond donors (Lipinski definition) is 1. The van der Waals surface area contributed by atoms with Crippen molar-refractivity contribution in [1.29, 1.82) is 0 Å². The summed E-state index contributed by atoms with van der Waals surface area (Å²) in [6.07, 6.45) is 10.4. The van der Waals surface area contributed by atoms with E-state index in [1.54, 1.807) is 37.3 Å². The van der Waals surface area contributed by atoms with Crippen molar-refractivity contribution in [3.05, 3.63) is 57.5 Å². The minimum absolute atomic E-state index is 0.179. The summed E-state index contributed by atoms with van der Waals surface area (Å²) in [5, 5.41) is 2.84. The number of anilines is 1. The zero-order valence-corrected chi connectivity index (χ0v) is 18.8. The molecular weight excluding hydrogens is 404 g/mol. The fourth-order valence-electron chi connectivity index (χ4n) is 4.87. The fourth-order valence-corrected chi connectivity index (χ4v) is 4.87. The third-order valence-corrected chi connectivity index (χ3v) is 6.64. The number of fused-ring (bicyclic) bond motifs is 1. The van der Waals surface area contributed by atoms with Gasteiger partial charge in [0, 0.05) is 24.3 Å². The van der Waals surface area contributed by atoms with E-state index in [9.17, 15) is 14.4 Å². The second-order valence-corrected chi connectivity index (χ2v) is 8.96. The van der Waals surface area contributed by atoms with E-state index in [0.29, 0.717) is 23.8 Å². The summed E-state index contributed by atoms with van der Waals surface area (Å²) >= 11 is 0. The molecule has 4 rings (SSSR count). The van der Waals surface area contributed by atoms with E-state index in [1.165, 1.54) is 19.3 Å². The molecule has 2 aliphatic rings. The van der Waals surface area contributed by atoms with E-state index < -0.39 is 0 Å². The Morgan fingerprint density at radius 1 is 1.03 bits per heavy atom. The van der Waals surface area contributed by atoms with Crippen LogP contribution in [0.2, 0.25) is 0 Å². The number of aromatic nitrogens is 1. The number of aryl methyl sites for hydroxylation is 1. The first-order chi connectivity index (χ1) is 15.5. The summed E-state index contributed by atoms with van der Waals surface area (Å²) in [5.74, 6) is 0.246. The molecule has 2 aromatic rings. The summed E-state index contributed by atoms with van der Waals surface area (Å²) in [6, 6.07) is 8.43. The third-order valence-electron chi connectivity index (χ3n) is 6.64. The molecule has 0 radical (unpaired) electrons. The Morgan fingerprint density at radius 3 is 2.47 bits per heavy atom. The number of nitrogens with zero attached hydrogens (tertiary/aromatic N) is 1. The minimum Gasteiger partial charge on any atom is -0.427 e. The topological polar surface area (TPSA) is 77.4 Å². The number of nitrogens with one attached hydrogen (secondary N) is 1. The van der Waals surface area contributed by atoms with Gasteiger partial charge in [-0.1, -0.05) is 26.2 Å². The Hall–Kier alpha value is -2.89. The molecule has 2 aliphatic carbocycles. The van der Waals surface area contributed by atoms with E-state index in [2.05, 4.69) is 5.32 Å². The van der Waals surface area contributed by atoms with Crippen LogP contribution in [0, 0.1) is 5.92 Å². The van der Waals surface area contributed by atoms with Gasteiger partial charge in [0.15, 0.2) is 0 Å². The smallest absolute Gasteiger partial charge is 0.310 e. The van der Waals surface area contributed by atoms with Gasteiger partial charge in [-0.05, 0) is 80.3 Å². The zero-order chi connectivity index (χ0) is 22.5. The molecule has 170 valence electrons. The molecule has 32 heavy (non-hydrogen) atoms. The summed E-state index contributed by atoms with van der Waals surface area (Å²) in [7, 11) is 0. The lowest BCUT2D eigenvalue weighted by Crippen LogP contribution is -2.35. The Labute approximate surface area is 189 Å². The van der Waals surface area contributed by atoms with E-state index in [-0.39, 0.29) is 23.0 Å². The Kier molecular flexibility index (Phi) is 7.08. The molecule has 1 fully saturated rings. The summed E-state index contributed by atoms with van der Waals surface area (Å²) in [4.78, 5) is 37.9. The fraction of sp³-hybridized carbons (Fsp3) is 0.500. The van der Waals surface area contributed by atoms with E-state index in [4.69, 9.17) is 4.74 Å². The van der Waals surface area contributed by atoms with Crippen molar-refractivity contribution < 1.29 is 14.3 Å². The number of esters is 1. The molecule has 0 atom stereocenters. The number of ether oxygens (including phenoxy) is 1. The summed E-state index contributed by atoms with van der Waals surface area (Å²) in [5.41, 5.74) is 2.86. The number of hydrogen-bond acceptors (Lipinski definition) is 4. The van der Waals surface area contributed by atoms with Crippen molar-refractivity contribution in [2.24, 2.45) is 5.92 Å². The molecule has 6 heteroatoms. The van der Waals surface area contributed by atoms with Gasteiger partial charge in [-0.15, -0.1) is 0 Å². The van der Waals surface area contributed by atoms with Crippen molar-refractivity contribution in [2.45, 2.75) is 77.7 Å². The molecule has 0 saturated heterocycles. The summed E-state index contributed by atoms with van der Waals surface area (Å²) in [6.45, 7) is 2.45. The molecule has 0 bridgehead atoms. The van der Waals surface area contributed by atoms with Gasteiger partial charge in [-0.25, -0.2) is 0 Å². The van der Waals surface area contributed by atoms with Gasteiger partial charge < -0.3 is 14.6 Å². The predicted octanol–water partition coefficient (Wildman–Crippen LogP) is 4.88. The van der Waals surface area contributed by atoms with Gasteiger partial charge in [0.2, 0.25) is 0 Å². The zero-order valence-electron chi connectivity index (χ0n) is 18.8. The van der Waals surface area contributed by atoms with Crippen LogP contribution in [0.1, 0.15) is 79.9 Å². The highest BCUT2D eigenvalue weighted by atomic mass is 16.5. The molecule has 0 spiro atoms. The van der Waals surface area contributed by atoms with E-state index >= 15 is 0 Å². The quantitative estimate of drug-likeness (QED) is 0.517. The van der Waals surface area contributed by atoms with Crippen LogP contribution >= 0.6 is 0 Å². The largest absolute Gasteiger partial charge is 0.427 e. The van der Waals surface area contributed by atoms with Crippen molar-refractivity contribution in [3.8, 4) is 5.75 Å². The molecule has 0 aliphatic heterocycles. The van der Waals surface area contributed by atoms with Crippen molar-refractivity contribution in [2.75, 3.05) is 5.32 Å². The van der Waals surface area contributed by atoms with Crippen LogP contribution in [0.5, 0.6) is 5.75 Å². The van der Waals surface area contributed by atoms with Crippen molar-refractivity contribution >= 4 is 17.6 Å². The number of carbonyl (C=O) groups is 2. The molecule has 1 saturated carbocycles. The van der Waals surface area contributed by atoms with Gasteiger partial charge in [0.25, 0.3) is 11.5 Å². The second kappa shape index (κ2) is 10.2. The molecule has 1 aromatic heterocycles. The average Bonchev–Trinajstić information content (AvgIpc) is 2.82. The SMILES string of the molecule is CCC(=O)Oc1ccc(NC(=O)c2cc3c(n(CC4CCCCC4)c2=O)CCCC3)cc1. The first-order valence-electron chi connectivity index (χ1n) is 11.9. The monoisotopic (exact) mass is 436 g/mol. The lowest BCUT2D eigenvalue weighted by molar-refractivity contribution is -0.134. The lowest BCUT2D eigenvalue weighted by atomic mass is 9.88. The van der Waals surface area contributed by atoms with Crippen molar-refractivity contribution in [3.63, 3.8) is 0 Å². The van der Waals surface area contributed by atoms with Crippen LogP contribution in [0.15, 0.2) is 35.1 Å². The maximum atomic E-state index is 13.4. The van der Waals surface area contributed by atoms with Crippen LogP contribution in [-0.2, 0) is 24.2 Å². The second-order valence-electron chi connectivity index (χ2n) is 8.96. The molecule has 1 amide bonds. The van der Waals surface area contributed by atoms with Gasteiger partial charge >= 0.3 is 5.97 Å². The van der Waals surface area contributed by atoms with Crippen LogP contribution in [-0.4, -0.2) is 16.4 Å². The predicted molar refractivity (Wildman–Crippen MR) is 124 cm³/mol. The summed E-state index contributed by atoms with van der Waals surface area (Å²) < 4.78 is 7.08. The maximum absolute atomic E-state index is 13.4. The van der Waals surface area contributed by atoms with Crippen LogP contribution in [0.4, 0.5) is 5.69 Å². The minimum atomic E-state index is -0.390. The van der Waals surface area contributed by atoms with Crippen LogP contribution in [0.3, 0.4) is 0 Å². The highest BCUT2D eigenvalue weighted by Gasteiger charge is 2.24. The van der Waals surface area contributed by atoms with Gasteiger partial charge in [0.1, 0.15) is 11.3 Å². The molecule has 1 aromatic carbocycles. The molecule has 0 unspecified atom stereocenters. The first-order valence-corrected chi connectivity index (χ1v) is 11.9. The number of pyridine rings is 1. The van der Waals surface area contributed by atoms with Crippen molar-refractivity contribution in [1.82, 2.24) is 4.57 Å². The highest BCUT2D eigenvalue weighted by molar-refractivity contribution is 6.04. The highest BCUT2D eigenvalue weighted by Crippen LogP contribution is 2.27. The number of amides is 1. The van der Waals surface area contributed by atoms with Crippen LogP contribution < -0.4 is 15.6 Å². The normalized spacial score (nSPS) is 16.3. The molecule has 6 nitrogen and oxygen atoms in total. The first kappa shape index (κ1) is 22.3. The Bertz CT molecular complexity index is 1030. The van der Waals surface area contributed by atoms with E-state index in [1.807, 2.05) is 4.57 Å². The average molecular weight is 437 g/mol. The maximum Gasteiger partial charge on any atom is 0.310 e. The van der Waals surface area contributed by atoms with Gasteiger partial charge in [0.05, 0.1) is 0 Å². The Morgan fingerprint density at radius 2 is 1.75 bits per heavy atom. The number of carbonyl (C=O) groups excluding carboxylic acids is 2. The lowest BCUT2D eigenvalue weighted by Gasteiger charge is -2.27. The molecule has 1 N–H and O–H groups in total. The molecular formula is C26H32N2O4. The standard InChI is InChI=1S/C26H32N2O4/c1-2-24(29)32-21-14-12-20(13-15-21)27-25(30)22-16-19-10-6-7-11-23(19)28(26(22)31)17-18-8-4-3-5-9-18/h12-16,18H,2-11,17H2,1H3,(H,27,30). The van der Waals surface area contributed by atoms with Crippen LogP contribution in [0.25, 0.3) is 0 Å². The third kappa shape index (κ3) is 5.12. The Balaban J connectivity index is 1.57. The van der Waals surface area contributed by atoms with Gasteiger partial charge in [-0.3, -0.25) is 14.4 Å². The van der Waals surface area contributed by atoms with E-state index in [0.717, 1.165) is 56.3 Å². The number of benzene rings is 1.